The SMILES string of the molecule is O=C(NC[C@H](c1ccco1)n1cccn1)C(=O)Nc1ccccc1F. The molecule has 8 heteroatoms. The van der Waals surface area contributed by atoms with E-state index in [4.69, 9.17) is 4.42 Å². The molecule has 0 bridgehead atoms. The van der Waals surface area contributed by atoms with Gasteiger partial charge in [-0.1, -0.05) is 12.1 Å². The third kappa shape index (κ3) is 3.92. The summed E-state index contributed by atoms with van der Waals surface area (Å²) >= 11 is 0. The second-order valence-electron chi connectivity index (χ2n) is 5.16. The zero-order valence-electron chi connectivity index (χ0n) is 13.1. The number of anilines is 1. The predicted octanol–water partition coefficient (Wildman–Crippen LogP) is 1.96. The van der Waals surface area contributed by atoms with Gasteiger partial charge in [-0.2, -0.15) is 5.10 Å². The van der Waals surface area contributed by atoms with E-state index >= 15 is 0 Å². The maximum Gasteiger partial charge on any atom is 0.313 e. The molecule has 0 radical (unpaired) electrons. The Morgan fingerprint density at radius 1 is 1.16 bits per heavy atom. The van der Waals surface area contributed by atoms with Crippen LogP contribution in [-0.4, -0.2) is 28.1 Å². The molecule has 3 aromatic rings. The van der Waals surface area contributed by atoms with Gasteiger partial charge < -0.3 is 15.1 Å². The maximum atomic E-state index is 13.5. The van der Waals surface area contributed by atoms with E-state index in [1.165, 1.54) is 24.5 Å². The molecule has 0 aliphatic heterocycles. The molecule has 0 unspecified atom stereocenters. The summed E-state index contributed by atoms with van der Waals surface area (Å²) in [7, 11) is 0. The largest absolute Gasteiger partial charge is 0.467 e. The molecule has 2 N–H and O–H groups in total. The van der Waals surface area contributed by atoms with Crippen molar-refractivity contribution in [3.05, 3.63) is 72.7 Å². The van der Waals surface area contributed by atoms with Crippen LogP contribution >= 0.6 is 0 Å². The van der Waals surface area contributed by atoms with E-state index in [9.17, 15) is 14.0 Å². The van der Waals surface area contributed by atoms with Gasteiger partial charge in [-0.25, -0.2) is 4.39 Å². The summed E-state index contributed by atoms with van der Waals surface area (Å²) in [5, 5.41) is 8.87. The molecule has 7 nitrogen and oxygen atoms in total. The summed E-state index contributed by atoms with van der Waals surface area (Å²) in [6, 6.07) is 10.4. The average Bonchev–Trinajstić information content (AvgIpc) is 3.31. The van der Waals surface area contributed by atoms with E-state index in [0.717, 1.165) is 0 Å². The number of halogens is 1. The van der Waals surface area contributed by atoms with E-state index in [1.54, 1.807) is 41.3 Å². The van der Waals surface area contributed by atoms with Crippen molar-refractivity contribution in [2.75, 3.05) is 11.9 Å². The molecule has 2 heterocycles. The number of hydrogen-bond acceptors (Lipinski definition) is 4. The first-order chi connectivity index (χ1) is 12.1. The van der Waals surface area contributed by atoms with Crippen LogP contribution in [0, 0.1) is 5.82 Å². The highest BCUT2D eigenvalue weighted by Gasteiger charge is 2.21. The molecule has 0 spiro atoms. The highest BCUT2D eigenvalue weighted by atomic mass is 19.1. The second-order valence-corrected chi connectivity index (χ2v) is 5.16. The molecule has 3 rings (SSSR count). The number of furan rings is 1. The summed E-state index contributed by atoms with van der Waals surface area (Å²) in [6.07, 6.45) is 4.83. The lowest BCUT2D eigenvalue weighted by atomic mass is 10.2. The standard InChI is InChI=1S/C17H15FN4O3/c18-12-5-1-2-6-13(12)21-17(24)16(23)19-11-14(15-7-3-10-25-15)22-9-4-8-20-22/h1-10,14H,11H2,(H,19,23)(H,21,24)/t14-/m1/s1. The molecular weight excluding hydrogens is 327 g/mol. The van der Waals surface area contributed by atoms with Crippen molar-refractivity contribution < 1.29 is 18.4 Å². The first-order valence-electron chi connectivity index (χ1n) is 7.51. The van der Waals surface area contributed by atoms with Crippen LogP contribution in [0.4, 0.5) is 10.1 Å². The molecule has 2 aromatic heterocycles. The van der Waals surface area contributed by atoms with E-state index in [0.29, 0.717) is 5.76 Å². The molecule has 1 aromatic carbocycles. The Morgan fingerprint density at radius 2 is 2.00 bits per heavy atom. The second kappa shape index (κ2) is 7.43. The number of nitrogens with zero attached hydrogens (tertiary/aromatic N) is 2. The first kappa shape index (κ1) is 16.4. The smallest absolute Gasteiger partial charge is 0.313 e. The monoisotopic (exact) mass is 342 g/mol. The van der Waals surface area contributed by atoms with Gasteiger partial charge in [0.25, 0.3) is 0 Å². The molecule has 25 heavy (non-hydrogen) atoms. The Balaban J connectivity index is 1.64. The minimum Gasteiger partial charge on any atom is -0.467 e. The van der Waals surface area contributed by atoms with Crippen molar-refractivity contribution in [1.29, 1.82) is 0 Å². The predicted molar refractivity (Wildman–Crippen MR) is 87.1 cm³/mol. The fraction of sp³-hybridized carbons (Fsp3) is 0.118. The fourth-order valence-corrected chi connectivity index (χ4v) is 2.28. The van der Waals surface area contributed by atoms with Gasteiger partial charge in [0, 0.05) is 18.9 Å². The number of carbonyl (C=O) groups is 2. The lowest BCUT2D eigenvalue weighted by Gasteiger charge is -2.16. The molecule has 128 valence electrons. The van der Waals surface area contributed by atoms with Gasteiger partial charge in [-0.05, 0) is 30.3 Å². The third-order valence-corrected chi connectivity index (χ3v) is 3.50. The number of nitrogens with one attached hydrogen (secondary N) is 2. The van der Waals surface area contributed by atoms with E-state index in [1.807, 2.05) is 0 Å². The molecule has 2 amide bonds. The van der Waals surface area contributed by atoms with Crippen LogP contribution in [0.3, 0.4) is 0 Å². The molecular formula is C17H15FN4O3. The normalized spacial score (nSPS) is 11.7. The molecule has 0 fully saturated rings. The van der Waals surface area contributed by atoms with E-state index in [-0.39, 0.29) is 12.2 Å². The van der Waals surface area contributed by atoms with Crippen LogP contribution in [0.1, 0.15) is 11.8 Å². The number of carbonyl (C=O) groups excluding carboxylic acids is 2. The molecule has 0 aliphatic rings. The van der Waals surface area contributed by atoms with Gasteiger partial charge in [-0.3, -0.25) is 14.3 Å². The Hall–Kier alpha value is -3.42. The van der Waals surface area contributed by atoms with Gasteiger partial charge >= 0.3 is 11.8 Å². The number of hydrogen-bond donors (Lipinski definition) is 2. The van der Waals surface area contributed by atoms with Crippen molar-refractivity contribution in [1.82, 2.24) is 15.1 Å². The van der Waals surface area contributed by atoms with E-state index < -0.39 is 23.7 Å². The summed E-state index contributed by atoms with van der Waals surface area (Å²) in [6.45, 7) is 0.0821. The van der Waals surface area contributed by atoms with Gasteiger partial charge in [-0.15, -0.1) is 0 Å². The first-order valence-corrected chi connectivity index (χ1v) is 7.51. The molecule has 1 atom stereocenters. The van der Waals surface area contributed by atoms with Crippen molar-refractivity contribution in [3.8, 4) is 0 Å². The highest BCUT2D eigenvalue weighted by Crippen LogP contribution is 2.17. The van der Waals surface area contributed by atoms with Gasteiger partial charge in [0.05, 0.1) is 12.0 Å². The van der Waals surface area contributed by atoms with Crippen LogP contribution in [0.2, 0.25) is 0 Å². The minimum atomic E-state index is -0.955. The summed E-state index contributed by atoms with van der Waals surface area (Å²) in [5.74, 6) is -1.87. The van der Waals surface area contributed by atoms with Crippen molar-refractivity contribution >= 4 is 17.5 Å². The van der Waals surface area contributed by atoms with Crippen molar-refractivity contribution in [3.63, 3.8) is 0 Å². The minimum absolute atomic E-state index is 0.0580. The Kier molecular flexibility index (Phi) is 4.89. The highest BCUT2D eigenvalue weighted by molar-refractivity contribution is 6.39. The van der Waals surface area contributed by atoms with Crippen LogP contribution in [0.5, 0.6) is 0 Å². The molecule has 0 saturated carbocycles. The Morgan fingerprint density at radius 3 is 2.68 bits per heavy atom. The number of benzene rings is 1. The fourth-order valence-electron chi connectivity index (χ4n) is 2.28. The average molecular weight is 342 g/mol. The van der Waals surface area contributed by atoms with Gasteiger partial charge in [0.15, 0.2) is 0 Å². The lowest BCUT2D eigenvalue weighted by Crippen LogP contribution is -2.39. The topological polar surface area (TPSA) is 89.2 Å². The Labute approximate surface area is 142 Å². The number of aromatic nitrogens is 2. The van der Waals surface area contributed by atoms with Crippen LogP contribution < -0.4 is 10.6 Å². The summed E-state index contributed by atoms with van der Waals surface area (Å²) in [4.78, 5) is 23.9. The summed E-state index contributed by atoms with van der Waals surface area (Å²) in [5.41, 5.74) is -0.0580. The lowest BCUT2D eigenvalue weighted by molar-refractivity contribution is -0.136. The zero-order valence-corrected chi connectivity index (χ0v) is 13.1. The van der Waals surface area contributed by atoms with Crippen LogP contribution in [0.15, 0.2) is 65.5 Å². The zero-order chi connectivity index (χ0) is 17.6. The number of rotatable bonds is 5. The quantitative estimate of drug-likeness (QED) is 0.694. The summed E-state index contributed by atoms with van der Waals surface area (Å²) < 4.78 is 20.5. The van der Waals surface area contributed by atoms with Crippen LogP contribution in [0.25, 0.3) is 0 Å². The molecule has 0 aliphatic carbocycles. The third-order valence-electron chi connectivity index (χ3n) is 3.50. The maximum absolute atomic E-state index is 13.5. The van der Waals surface area contributed by atoms with Crippen LogP contribution in [-0.2, 0) is 9.59 Å². The van der Waals surface area contributed by atoms with Gasteiger partial charge in [0.2, 0.25) is 0 Å². The van der Waals surface area contributed by atoms with E-state index in [2.05, 4.69) is 15.7 Å². The number of amides is 2. The van der Waals surface area contributed by atoms with Gasteiger partial charge in [0.1, 0.15) is 17.6 Å². The van der Waals surface area contributed by atoms with Crippen molar-refractivity contribution in [2.45, 2.75) is 6.04 Å². The van der Waals surface area contributed by atoms with Crippen molar-refractivity contribution in [2.24, 2.45) is 0 Å². The Bertz CT molecular complexity index is 812. The molecule has 0 saturated heterocycles. The number of para-hydroxylation sites is 1.